The zero-order chi connectivity index (χ0) is 20.5. The predicted octanol–water partition coefficient (Wildman–Crippen LogP) is -0.452. The summed E-state index contributed by atoms with van der Waals surface area (Å²) in [5.74, 6) is -2.18. The van der Waals surface area contributed by atoms with Crippen LogP contribution in [0.3, 0.4) is 0 Å². The summed E-state index contributed by atoms with van der Waals surface area (Å²) in [6, 6.07) is 3.95. The molecule has 0 aromatic heterocycles. The number of nitrogens with one attached hydrogen (secondary N) is 1. The van der Waals surface area contributed by atoms with Gasteiger partial charge in [-0.3, -0.25) is 4.79 Å². The number of aromatic hydroxyl groups is 2. The van der Waals surface area contributed by atoms with Crippen molar-refractivity contribution in [2.45, 2.75) is 55.6 Å². The van der Waals surface area contributed by atoms with E-state index in [0.717, 1.165) is 18.9 Å². The monoisotopic (exact) mass is 393 g/mol. The Morgan fingerprint density at radius 1 is 1.14 bits per heavy atom. The van der Waals surface area contributed by atoms with Crippen molar-refractivity contribution in [1.82, 2.24) is 5.32 Å². The first-order valence-corrected chi connectivity index (χ1v) is 8.98. The summed E-state index contributed by atoms with van der Waals surface area (Å²) in [4.78, 5) is 24.3. The van der Waals surface area contributed by atoms with Crippen LogP contribution in [0.4, 0.5) is 0 Å². The zero-order valence-electron chi connectivity index (χ0n) is 15.0. The molecule has 1 aromatic carbocycles. The van der Waals surface area contributed by atoms with Crippen molar-refractivity contribution >= 4 is 18.0 Å². The molecule has 2 aliphatic carbocycles. The first-order chi connectivity index (χ1) is 13.2. The van der Waals surface area contributed by atoms with Gasteiger partial charge in [0.2, 0.25) is 0 Å². The largest absolute Gasteiger partial charge is 0.504 e. The predicted molar refractivity (Wildman–Crippen MR) is 96.0 cm³/mol. The summed E-state index contributed by atoms with van der Waals surface area (Å²) in [7, 11) is 0. The number of rotatable bonds is 5. The Bertz CT molecular complexity index is 790. The maximum Gasteiger partial charge on any atom is 0.331 e. The van der Waals surface area contributed by atoms with Crippen molar-refractivity contribution in [3.8, 4) is 11.5 Å². The van der Waals surface area contributed by atoms with Crippen molar-refractivity contribution < 1.29 is 39.9 Å². The Morgan fingerprint density at radius 3 is 2.50 bits per heavy atom. The molecule has 0 spiro atoms. The molecule has 1 aromatic rings. The number of esters is 1. The van der Waals surface area contributed by atoms with Gasteiger partial charge in [0.1, 0.15) is 17.8 Å². The van der Waals surface area contributed by atoms with Gasteiger partial charge in [0.05, 0.1) is 6.10 Å². The maximum atomic E-state index is 12.3. The van der Waals surface area contributed by atoms with Crippen LogP contribution in [-0.2, 0) is 14.3 Å². The highest BCUT2D eigenvalue weighted by Gasteiger charge is 2.50. The molecule has 28 heavy (non-hydrogen) atoms. The summed E-state index contributed by atoms with van der Waals surface area (Å²) in [6.45, 7) is 0. The van der Waals surface area contributed by atoms with Crippen LogP contribution >= 0.6 is 0 Å². The molecule has 0 saturated heterocycles. The number of phenolic OH excluding ortho intramolecular Hbond substituents is 2. The number of aliphatic hydroxyl groups is 3. The topological polar surface area (TPSA) is 157 Å². The third kappa shape index (κ3) is 4.61. The van der Waals surface area contributed by atoms with E-state index in [1.807, 2.05) is 0 Å². The fraction of sp³-hybridized carbons (Fsp3) is 0.474. The lowest BCUT2D eigenvalue weighted by Crippen LogP contribution is -2.60. The summed E-state index contributed by atoms with van der Waals surface area (Å²) >= 11 is 0. The molecular formula is C19H23NO8. The van der Waals surface area contributed by atoms with Crippen molar-refractivity contribution in [1.29, 1.82) is 0 Å². The quantitative estimate of drug-likeness (QED) is 0.223. The summed E-state index contributed by atoms with van der Waals surface area (Å²) in [5, 5.41) is 52.1. The van der Waals surface area contributed by atoms with E-state index in [-0.39, 0.29) is 30.4 Å². The van der Waals surface area contributed by atoms with E-state index in [1.165, 1.54) is 24.3 Å². The first kappa shape index (κ1) is 20.1. The molecule has 2 aliphatic rings. The van der Waals surface area contributed by atoms with Crippen LogP contribution in [0.1, 0.15) is 31.2 Å². The average Bonchev–Trinajstić information content (AvgIpc) is 3.44. The van der Waals surface area contributed by atoms with Crippen LogP contribution in [0, 0.1) is 0 Å². The van der Waals surface area contributed by atoms with Crippen molar-refractivity contribution in [3.63, 3.8) is 0 Å². The summed E-state index contributed by atoms with van der Waals surface area (Å²) in [6.07, 6.45) is -0.853. The minimum atomic E-state index is -1.95. The molecule has 4 atom stereocenters. The molecule has 1 unspecified atom stereocenters. The van der Waals surface area contributed by atoms with Crippen LogP contribution in [0.15, 0.2) is 24.3 Å². The van der Waals surface area contributed by atoms with E-state index in [0.29, 0.717) is 5.56 Å². The molecule has 0 bridgehead atoms. The standard InChI is InChI=1S/C19H23NO8/c21-12-5-1-10(7-13(12)22)2-6-16(24)28-15-9-19(27,8-14(23)17(15)25)18(26)20-11-3-4-11/h1-2,5-7,11,14-15,17,21-23,25,27H,3-4,8-9H2,(H,20,26)/b6-2+/t14-,15-,17-,19?/m1/s1. The highest BCUT2D eigenvalue weighted by atomic mass is 16.6. The number of hydrogen-bond donors (Lipinski definition) is 6. The number of ether oxygens (including phenoxy) is 1. The second kappa shape index (κ2) is 7.78. The van der Waals surface area contributed by atoms with Crippen LogP contribution in [0.25, 0.3) is 6.08 Å². The SMILES string of the molecule is O=C(/C=C/c1ccc(O)c(O)c1)O[C@@H]1CC(O)(C(=O)NC2CC2)C[C@@H](O)[C@H]1O. The Kier molecular flexibility index (Phi) is 5.59. The number of benzene rings is 1. The van der Waals surface area contributed by atoms with Gasteiger partial charge in [-0.15, -0.1) is 0 Å². The Hall–Kier alpha value is -2.62. The summed E-state index contributed by atoms with van der Waals surface area (Å²) in [5.41, 5.74) is -1.53. The third-order valence-corrected chi connectivity index (χ3v) is 4.87. The molecule has 0 heterocycles. The van der Waals surface area contributed by atoms with Gasteiger partial charge in [-0.05, 0) is 36.6 Å². The zero-order valence-corrected chi connectivity index (χ0v) is 15.0. The van der Waals surface area contributed by atoms with Crippen LogP contribution < -0.4 is 5.32 Å². The number of amides is 1. The highest BCUT2D eigenvalue weighted by Crippen LogP contribution is 2.33. The van der Waals surface area contributed by atoms with E-state index in [2.05, 4.69) is 5.32 Å². The number of aliphatic hydroxyl groups excluding tert-OH is 2. The lowest BCUT2D eigenvalue weighted by Gasteiger charge is -2.40. The minimum Gasteiger partial charge on any atom is -0.504 e. The van der Waals surface area contributed by atoms with Crippen LogP contribution in [-0.4, -0.2) is 67.4 Å². The maximum absolute atomic E-state index is 12.3. The van der Waals surface area contributed by atoms with Gasteiger partial charge >= 0.3 is 5.97 Å². The molecule has 152 valence electrons. The normalized spacial score (nSPS) is 30.2. The minimum absolute atomic E-state index is 0.00572. The molecule has 0 aliphatic heterocycles. The van der Waals surface area contributed by atoms with Gasteiger partial charge in [-0.2, -0.15) is 0 Å². The molecule has 2 saturated carbocycles. The van der Waals surface area contributed by atoms with E-state index in [9.17, 15) is 35.1 Å². The van der Waals surface area contributed by atoms with Gasteiger partial charge in [-0.25, -0.2) is 4.79 Å². The highest BCUT2D eigenvalue weighted by molar-refractivity contribution is 5.88. The molecule has 9 nitrogen and oxygen atoms in total. The van der Waals surface area contributed by atoms with E-state index >= 15 is 0 Å². The average molecular weight is 393 g/mol. The van der Waals surface area contributed by atoms with Crippen molar-refractivity contribution in [2.75, 3.05) is 0 Å². The molecule has 6 N–H and O–H groups in total. The summed E-state index contributed by atoms with van der Waals surface area (Å²) < 4.78 is 5.13. The van der Waals surface area contributed by atoms with E-state index in [1.54, 1.807) is 0 Å². The van der Waals surface area contributed by atoms with Crippen molar-refractivity contribution in [3.05, 3.63) is 29.8 Å². The van der Waals surface area contributed by atoms with Gasteiger partial charge in [0, 0.05) is 25.0 Å². The van der Waals surface area contributed by atoms with E-state index < -0.39 is 35.8 Å². The number of carbonyl (C=O) groups excluding carboxylic acids is 2. The molecule has 3 rings (SSSR count). The van der Waals surface area contributed by atoms with Gasteiger partial charge in [-0.1, -0.05) is 6.07 Å². The number of carbonyl (C=O) groups is 2. The Labute approximate surface area is 160 Å². The van der Waals surface area contributed by atoms with Crippen molar-refractivity contribution in [2.24, 2.45) is 0 Å². The fourth-order valence-corrected chi connectivity index (χ4v) is 3.09. The number of hydrogen-bond acceptors (Lipinski definition) is 8. The molecule has 0 radical (unpaired) electrons. The fourth-order valence-electron chi connectivity index (χ4n) is 3.09. The third-order valence-electron chi connectivity index (χ3n) is 4.87. The molecular weight excluding hydrogens is 370 g/mol. The second-order valence-corrected chi connectivity index (χ2v) is 7.30. The van der Waals surface area contributed by atoms with Gasteiger partial charge in [0.25, 0.3) is 5.91 Å². The van der Waals surface area contributed by atoms with Gasteiger partial charge < -0.3 is 35.6 Å². The molecule has 9 heteroatoms. The smallest absolute Gasteiger partial charge is 0.331 e. The van der Waals surface area contributed by atoms with Crippen LogP contribution in [0.2, 0.25) is 0 Å². The molecule has 2 fully saturated rings. The van der Waals surface area contributed by atoms with E-state index in [4.69, 9.17) is 4.74 Å². The first-order valence-electron chi connectivity index (χ1n) is 8.98. The Morgan fingerprint density at radius 2 is 1.86 bits per heavy atom. The lowest BCUT2D eigenvalue weighted by atomic mass is 9.79. The number of phenols is 2. The lowest BCUT2D eigenvalue weighted by molar-refractivity contribution is -0.187. The second-order valence-electron chi connectivity index (χ2n) is 7.30. The van der Waals surface area contributed by atoms with Crippen LogP contribution in [0.5, 0.6) is 11.5 Å². The molecule has 1 amide bonds. The van der Waals surface area contributed by atoms with Gasteiger partial charge in [0.15, 0.2) is 11.5 Å². The Balaban J connectivity index is 1.64.